The number of nitrogens with two attached hydrogens (primary N) is 1. The molecule has 2 aromatic carbocycles. The molecule has 3 aromatic rings. The van der Waals surface area contributed by atoms with Crippen LogP contribution >= 0.6 is 0 Å². The molecule has 0 spiro atoms. The first-order chi connectivity index (χ1) is 10.1. The number of rotatable bonds is 3. The zero-order valence-electron chi connectivity index (χ0n) is 11.0. The van der Waals surface area contributed by atoms with Gasteiger partial charge in [0.25, 0.3) is 0 Å². The normalized spacial score (nSPS) is 12.3. The van der Waals surface area contributed by atoms with E-state index in [0.717, 1.165) is 5.56 Å². The summed E-state index contributed by atoms with van der Waals surface area (Å²) < 4.78 is 12.9. The summed E-state index contributed by atoms with van der Waals surface area (Å²) in [4.78, 5) is 4.29. The van der Waals surface area contributed by atoms with Crippen LogP contribution in [0.25, 0.3) is 11.4 Å². The van der Waals surface area contributed by atoms with Gasteiger partial charge >= 0.3 is 0 Å². The first-order valence-corrected chi connectivity index (χ1v) is 6.37. The van der Waals surface area contributed by atoms with Crippen molar-refractivity contribution in [2.24, 2.45) is 5.73 Å². The van der Waals surface area contributed by atoms with Gasteiger partial charge in [-0.1, -0.05) is 24.3 Å². The summed E-state index contributed by atoms with van der Waals surface area (Å²) in [5.74, 6) is 0.581. The standard InChI is InChI=1S/C15H13FN4O/c16-10-7-5-9(6-8-10)13(17)15-18-14(19-20-15)11-3-1-2-4-12(11)21/h1-8,13,21H,17H2,(H,18,19,20)/t13-/m1/s1. The molecule has 4 N–H and O–H groups in total. The topological polar surface area (TPSA) is 87.8 Å². The predicted molar refractivity (Wildman–Crippen MR) is 75.9 cm³/mol. The molecule has 0 aliphatic heterocycles. The second kappa shape index (κ2) is 5.34. The number of phenols is 1. The number of aromatic nitrogens is 3. The Morgan fingerprint density at radius 2 is 1.81 bits per heavy atom. The Morgan fingerprint density at radius 3 is 2.52 bits per heavy atom. The average molecular weight is 284 g/mol. The summed E-state index contributed by atoms with van der Waals surface area (Å²) in [5, 5.41) is 16.6. The highest BCUT2D eigenvalue weighted by molar-refractivity contribution is 5.63. The van der Waals surface area contributed by atoms with Gasteiger partial charge in [0, 0.05) is 0 Å². The van der Waals surface area contributed by atoms with Crippen LogP contribution in [0.2, 0.25) is 0 Å². The van der Waals surface area contributed by atoms with Crippen LogP contribution in [0.5, 0.6) is 5.75 Å². The lowest BCUT2D eigenvalue weighted by atomic mass is 10.1. The number of para-hydroxylation sites is 1. The molecule has 0 saturated carbocycles. The molecular formula is C15H13FN4O. The van der Waals surface area contributed by atoms with Gasteiger partial charge in [0.2, 0.25) is 0 Å². The molecule has 106 valence electrons. The lowest BCUT2D eigenvalue weighted by Crippen LogP contribution is -2.13. The number of H-pyrrole nitrogens is 1. The van der Waals surface area contributed by atoms with Crippen molar-refractivity contribution in [2.75, 3.05) is 0 Å². The molecule has 3 rings (SSSR count). The summed E-state index contributed by atoms with van der Waals surface area (Å²) in [6.07, 6.45) is 0. The minimum absolute atomic E-state index is 0.0957. The molecule has 0 aliphatic rings. The van der Waals surface area contributed by atoms with Crippen molar-refractivity contribution in [3.05, 3.63) is 65.7 Å². The Balaban J connectivity index is 1.91. The minimum Gasteiger partial charge on any atom is -0.507 e. The van der Waals surface area contributed by atoms with Crippen LogP contribution < -0.4 is 5.73 Å². The van der Waals surface area contributed by atoms with Crippen molar-refractivity contribution in [2.45, 2.75) is 6.04 Å². The van der Waals surface area contributed by atoms with Gasteiger partial charge in [-0.15, -0.1) is 0 Å². The molecule has 1 aromatic heterocycles. The highest BCUT2D eigenvalue weighted by Gasteiger charge is 2.16. The summed E-state index contributed by atoms with van der Waals surface area (Å²) in [6.45, 7) is 0. The van der Waals surface area contributed by atoms with Gasteiger partial charge < -0.3 is 10.8 Å². The Morgan fingerprint density at radius 1 is 1.10 bits per heavy atom. The van der Waals surface area contributed by atoms with Gasteiger partial charge in [0.1, 0.15) is 17.4 Å². The Labute approximate surface area is 120 Å². The van der Waals surface area contributed by atoms with E-state index in [1.807, 2.05) is 0 Å². The number of nitrogens with one attached hydrogen (secondary N) is 1. The van der Waals surface area contributed by atoms with E-state index >= 15 is 0 Å². The first kappa shape index (κ1) is 13.3. The number of halogens is 1. The van der Waals surface area contributed by atoms with Crippen LogP contribution in [0.15, 0.2) is 48.5 Å². The largest absolute Gasteiger partial charge is 0.507 e. The van der Waals surface area contributed by atoms with Crippen LogP contribution in [-0.2, 0) is 0 Å². The Bertz CT molecular complexity index is 754. The van der Waals surface area contributed by atoms with Gasteiger partial charge in [-0.3, -0.25) is 5.10 Å². The fourth-order valence-electron chi connectivity index (χ4n) is 2.02. The van der Waals surface area contributed by atoms with Crippen molar-refractivity contribution in [1.29, 1.82) is 0 Å². The number of nitrogens with zero attached hydrogens (tertiary/aromatic N) is 2. The van der Waals surface area contributed by atoms with Gasteiger partial charge in [0.15, 0.2) is 5.82 Å². The fraction of sp³-hybridized carbons (Fsp3) is 0.0667. The van der Waals surface area contributed by atoms with Crippen molar-refractivity contribution in [3.63, 3.8) is 0 Å². The maximum atomic E-state index is 12.9. The smallest absolute Gasteiger partial charge is 0.184 e. The molecule has 0 amide bonds. The maximum Gasteiger partial charge on any atom is 0.184 e. The molecule has 5 nitrogen and oxygen atoms in total. The SMILES string of the molecule is N[C@H](c1ccc(F)cc1)c1nc(-c2ccccc2O)n[nH]1. The quantitative estimate of drug-likeness (QED) is 0.689. The summed E-state index contributed by atoms with van der Waals surface area (Å²) in [5.41, 5.74) is 7.32. The molecule has 1 heterocycles. The molecule has 21 heavy (non-hydrogen) atoms. The molecule has 6 heteroatoms. The fourth-order valence-corrected chi connectivity index (χ4v) is 2.02. The lowest BCUT2D eigenvalue weighted by molar-refractivity contribution is 0.477. The van der Waals surface area contributed by atoms with E-state index in [2.05, 4.69) is 15.2 Å². The minimum atomic E-state index is -0.544. The molecule has 0 unspecified atom stereocenters. The average Bonchev–Trinajstić information content (AvgIpc) is 2.97. The second-order valence-corrected chi connectivity index (χ2v) is 4.59. The van der Waals surface area contributed by atoms with Crippen LogP contribution in [0.1, 0.15) is 17.4 Å². The summed E-state index contributed by atoms with van der Waals surface area (Å²) in [6, 6.07) is 12.1. The predicted octanol–water partition coefficient (Wildman–Crippen LogP) is 2.36. The first-order valence-electron chi connectivity index (χ1n) is 6.37. The highest BCUT2D eigenvalue weighted by atomic mass is 19.1. The number of benzene rings is 2. The van der Waals surface area contributed by atoms with Gasteiger partial charge in [-0.25, -0.2) is 9.37 Å². The van der Waals surface area contributed by atoms with E-state index < -0.39 is 6.04 Å². The third-order valence-corrected chi connectivity index (χ3v) is 3.17. The Hall–Kier alpha value is -2.73. The van der Waals surface area contributed by atoms with Crippen LogP contribution in [0.4, 0.5) is 4.39 Å². The molecule has 0 bridgehead atoms. The van der Waals surface area contributed by atoms with Gasteiger partial charge in [-0.05, 0) is 29.8 Å². The van der Waals surface area contributed by atoms with Crippen LogP contribution in [0.3, 0.4) is 0 Å². The maximum absolute atomic E-state index is 12.9. The van der Waals surface area contributed by atoms with Crippen LogP contribution in [0, 0.1) is 5.82 Å². The lowest BCUT2D eigenvalue weighted by Gasteiger charge is -2.08. The molecule has 0 aliphatic carbocycles. The second-order valence-electron chi connectivity index (χ2n) is 4.59. The zero-order chi connectivity index (χ0) is 14.8. The highest BCUT2D eigenvalue weighted by Crippen LogP contribution is 2.26. The molecule has 0 fully saturated rings. The monoisotopic (exact) mass is 284 g/mol. The van der Waals surface area contributed by atoms with Crippen molar-refractivity contribution in [1.82, 2.24) is 15.2 Å². The van der Waals surface area contributed by atoms with E-state index in [1.54, 1.807) is 36.4 Å². The number of aromatic amines is 1. The number of aromatic hydroxyl groups is 1. The van der Waals surface area contributed by atoms with Crippen molar-refractivity contribution >= 4 is 0 Å². The third-order valence-electron chi connectivity index (χ3n) is 3.17. The van der Waals surface area contributed by atoms with Gasteiger partial charge in [-0.2, -0.15) is 5.10 Å². The van der Waals surface area contributed by atoms with E-state index in [9.17, 15) is 9.50 Å². The van der Waals surface area contributed by atoms with Gasteiger partial charge in [0.05, 0.1) is 11.6 Å². The van der Waals surface area contributed by atoms with E-state index in [0.29, 0.717) is 17.2 Å². The van der Waals surface area contributed by atoms with E-state index in [4.69, 9.17) is 5.73 Å². The van der Waals surface area contributed by atoms with Crippen molar-refractivity contribution in [3.8, 4) is 17.1 Å². The molecule has 0 radical (unpaired) electrons. The number of hydrogen-bond donors (Lipinski definition) is 3. The zero-order valence-corrected chi connectivity index (χ0v) is 11.0. The number of phenolic OH excluding ortho intramolecular Hbond substituents is 1. The van der Waals surface area contributed by atoms with Crippen LogP contribution in [-0.4, -0.2) is 20.3 Å². The third kappa shape index (κ3) is 2.61. The summed E-state index contributed by atoms with van der Waals surface area (Å²) >= 11 is 0. The number of hydrogen-bond acceptors (Lipinski definition) is 4. The Kier molecular flexibility index (Phi) is 3.37. The molecule has 0 saturated heterocycles. The van der Waals surface area contributed by atoms with E-state index in [1.165, 1.54) is 12.1 Å². The molecular weight excluding hydrogens is 271 g/mol. The van der Waals surface area contributed by atoms with Crippen molar-refractivity contribution < 1.29 is 9.50 Å². The van der Waals surface area contributed by atoms with E-state index in [-0.39, 0.29) is 11.6 Å². The summed E-state index contributed by atoms with van der Waals surface area (Å²) in [7, 11) is 0. The molecule has 1 atom stereocenters.